The molecule has 0 aromatic heterocycles. The van der Waals surface area contributed by atoms with Gasteiger partial charge < -0.3 is 10.6 Å². The first-order valence-corrected chi connectivity index (χ1v) is 8.26. The van der Waals surface area contributed by atoms with Gasteiger partial charge in [-0.2, -0.15) is 13.2 Å². The fourth-order valence-corrected chi connectivity index (χ4v) is 3.19. The normalized spacial score (nSPS) is 17.6. The first-order chi connectivity index (χ1) is 12.3. The van der Waals surface area contributed by atoms with Gasteiger partial charge in [-0.1, -0.05) is 18.2 Å². The molecule has 3 nitrogen and oxygen atoms in total. The highest BCUT2D eigenvalue weighted by Gasteiger charge is 2.31. The Balaban J connectivity index is 2.01. The third-order valence-corrected chi connectivity index (χ3v) is 4.62. The number of alkyl halides is 3. The van der Waals surface area contributed by atoms with Gasteiger partial charge in [0.15, 0.2) is 0 Å². The number of likely N-dealkylation sites (tertiary alicyclic amines) is 1. The summed E-state index contributed by atoms with van der Waals surface area (Å²) < 4.78 is 52.7. The van der Waals surface area contributed by atoms with Crippen LogP contribution in [-0.4, -0.2) is 30.4 Å². The maximum absolute atomic E-state index is 13.8. The molecular weight excluding hydrogens is 348 g/mol. The molecule has 1 heterocycles. The Labute approximate surface area is 148 Å². The average molecular weight is 366 g/mol. The van der Waals surface area contributed by atoms with E-state index in [1.807, 2.05) is 0 Å². The molecule has 138 valence electrons. The van der Waals surface area contributed by atoms with Gasteiger partial charge in [-0.25, -0.2) is 4.39 Å². The maximum atomic E-state index is 13.8. The summed E-state index contributed by atoms with van der Waals surface area (Å²) in [6.07, 6.45) is -3.74. The minimum Gasteiger partial charge on any atom is -0.338 e. The number of amides is 1. The summed E-state index contributed by atoms with van der Waals surface area (Å²) in [6, 6.07) is 8.24. The molecule has 7 heteroatoms. The molecule has 0 saturated carbocycles. The molecule has 0 aliphatic carbocycles. The second kappa shape index (κ2) is 7.07. The zero-order chi connectivity index (χ0) is 18.9. The van der Waals surface area contributed by atoms with Crippen LogP contribution < -0.4 is 5.73 Å². The quantitative estimate of drug-likeness (QED) is 0.837. The third kappa shape index (κ3) is 3.72. The van der Waals surface area contributed by atoms with Gasteiger partial charge in [0.1, 0.15) is 5.82 Å². The highest BCUT2D eigenvalue weighted by Crippen LogP contribution is 2.34. The van der Waals surface area contributed by atoms with Crippen molar-refractivity contribution in [1.29, 1.82) is 0 Å². The molecule has 1 aliphatic heterocycles. The van der Waals surface area contributed by atoms with Crippen molar-refractivity contribution in [2.24, 2.45) is 11.7 Å². The van der Waals surface area contributed by atoms with Crippen molar-refractivity contribution in [3.05, 3.63) is 59.4 Å². The highest BCUT2D eigenvalue weighted by molar-refractivity contribution is 6.01. The fourth-order valence-electron chi connectivity index (χ4n) is 3.19. The van der Waals surface area contributed by atoms with Gasteiger partial charge in [0.05, 0.1) is 11.1 Å². The van der Waals surface area contributed by atoms with Crippen molar-refractivity contribution in [3.8, 4) is 11.1 Å². The monoisotopic (exact) mass is 366 g/mol. The summed E-state index contributed by atoms with van der Waals surface area (Å²) in [7, 11) is 0. The van der Waals surface area contributed by atoms with Gasteiger partial charge >= 0.3 is 6.18 Å². The summed E-state index contributed by atoms with van der Waals surface area (Å²) in [5, 5.41) is 0. The average Bonchev–Trinajstić information content (AvgIpc) is 3.09. The summed E-state index contributed by atoms with van der Waals surface area (Å²) in [6.45, 7) is 1.42. The number of benzene rings is 2. The highest BCUT2D eigenvalue weighted by atomic mass is 19.4. The molecule has 1 atom stereocenters. The zero-order valence-corrected chi connectivity index (χ0v) is 13.9. The molecule has 0 unspecified atom stereocenters. The number of carbonyl (C=O) groups excluding carboxylic acids is 1. The maximum Gasteiger partial charge on any atom is 0.416 e. The summed E-state index contributed by atoms with van der Waals surface area (Å²) in [5.74, 6) is -0.823. The number of nitrogens with zero attached hydrogens (tertiary/aromatic N) is 1. The van der Waals surface area contributed by atoms with E-state index in [9.17, 15) is 22.4 Å². The van der Waals surface area contributed by atoms with E-state index in [1.165, 1.54) is 18.2 Å². The number of hydrogen-bond donors (Lipinski definition) is 1. The predicted octanol–water partition coefficient (Wildman–Crippen LogP) is 3.93. The van der Waals surface area contributed by atoms with E-state index >= 15 is 0 Å². The van der Waals surface area contributed by atoms with Crippen molar-refractivity contribution >= 4 is 5.91 Å². The van der Waals surface area contributed by atoms with Crippen LogP contribution in [0.4, 0.5) is 17.6 Å². The SMILES string of the molecule is NC[C@@H]1CCN(C(=O)c2cc(F)ccc2-c2cccc(C(F)(F)F)c2)C1. The Bertz CT molecular complexity index is 819. The Kier molecular flexibility index (Phi) is 5.00. The lowest BCUT2D eigenvalue weighted by Crippen LogP contribution is -2.30. The van der Waals surface area contributed by atoms with E-state index in [0.717, 1.165) is 30.7 Å². The third-order valence-electron chi connectivity index (χ3n) is 4.62. The number of carbonyl (C=O) groups is 1. The van der Waals surface area contributed by atoms with Gasteiger partial charge in [-0.05, 0) is 54.3 Å². The molecule has 0 spiro atoms. The molecule has 1 amide bonds. The standard InChI is InChI=1S/C19H18F4N2O/c20-15-4-5-16(13-2-1-3-14(8-13)19(21,22)23)17(9-15)18(26)25-7-6-12(10-24)11-25/h1-5,8-9,12H,6-7,10-11,24H2/t12-/m0/s1. The van der Waals surface area contributed by atoms with Crippen LogP contribution in [0.25, 0.3) is 11.1 Å². The minimum atomic E-state index is -4.50. The summed E-state index contributed by atoms with van der Waals surface area (Å²) >= 11 is 0. The fraction of sp³-hybridized carbons (Fsp3) is 0.316. The van der Waals surface area contributed by atoms with E-state index in [2.05, 4.69) is 0 Å². The van der Waals surface area contributed by atoms with Gasteiger partial charge in [-0.15, -0.1) is 0 Å². The van der Waals surface area contributed by atoms with Gasteiger partial charge in [0, 0.05) is 13.1 Å². The number of nitrogens with two attached hydrogens (primary N) is 1. The van der Waals surface area contributed by atoms with Crippen LogP contribution >= 0.6 is 0 Å². The van der Waals surface area contributed by atoms with Crippen molar-refractivity contribution in [2.45, 2.75) is 12.6 Å². The second-order valence-electron chi connectivity index (χ2n) is 6.41. The first kappa shape index (κ1) is 18.4. The Morgan fingerprint density at radius 2 is 1.96 bits per heavy atom. The molecule has 1 saturated heterocycles. The van der Waals surface area contributed by atoms with E-state index < -0.39 is 23.5 Å². The van der Waals surface area contributed by atoms with Crippen LogP contribution in [0.15, 0.2) is 42.5 Å². The second-order valence-corrected chi connectivity index (χ2v) is 6.41. The molecule has 0 radical (unpaired) electrons. The molecule has 0 bridgehead atoms. The van der Waals surface area contributed by atoms with Crippen molar-refractivity contribution in [1.82, 2.24) is 4.90 Å². The van der Waals surface area contributed by atoms with Crippen molar-refractivity contribution < 1.29 is 22.4 Å². The lowest BCUT2D eigenvalue weighted by Gasteiger charge is -2.19. The van der Waals surface area contributed by atoms with Crippen LogP contribution in [0.3, 0.4) is 0 Å². The van der Waals surface area contributed by atoms with E-state index in [-0.39, 0.29) is 22.6 Å². The molecular formula is C19H18F4N2O. The number of hydrogen-bond acceptors (Lipinski definition) is 2. The molecule has 2 aromatic rings. The zero-order valence-electron chi connectivity index (χ0n) is 13.9. The molecule has 3 rings (SSSR count). The van der Waals surface area contributed by atoms with Gasteiger partial charge in [0.25, 0.3) is 5.91 Å². The molecule has 2 N–H and O–H groups in total. The molecule has 26 heavy (non-hydrogen) atoms. The smallest absolute Gasteiger partial charge is 0.338 e. The topological polar surface area (TPSA) is 46.3 Å². The largest absolute Gasteiger partial charge is 0.416 e. The van der Waals surface area contributed by atoms with Crippen LogP contribution in [0.2, 0.25) is 0 Å². The lowest BCUT2D eigenvalue weighted by molar-refractivity contribution is -0.137. The van der Waals surface area contributed by atoms with Crippen LogP contribution in [0, 0.1) is 11.7 Å². The Morgan fingerprint density at radius 1 is 1.19 bits per heavy atom. The molecule has 2 aromatic carbocycles. The first-order valence-electron chi connectivity index (χ1n) is 8.26. The number of rotatable bonds is 3. The van der Waals surface area contributed by atoms with E-state index in [0.29, 0.717) is 19.6 Å². The number of halogens is 4. The minimum absolute atomic E-state index is 0.0574. The molecule has 1 aliphatic rings. The van der Waals surface area contributed by atoms with E-state index in [4.69, 9.17) is 5.73 Å². The summed E-state index contributed by atoms with van der Waals surface area (Å²) in [4.78, 5) is 14.4. The van der Waals surface area contributed by atoms with Crippen LogP contribution in [0.5, 0.6) is 0 Å². The van der Waals surface area contributed by atoms with Crippen LogP contribution in [0.1, 0.15) is 22.3 Å². The Morgan fingerprint density at radius 3 is 2.62 bits per heavy atom. The Hall–Kier alpha value is -2.41. The van der Waals surface area contributed by atoms with Gasteiger partial charge in [-0.3, -0.25) is 4.79 Å². The van der Waals surface area contributed by atoms with Crippen molar-refractivity contribution in [2.75, 3.05) is 19.6 Å². The molecule has 1 fully saturated rings. The van der Waals surface area contributed by atoms with Crippen molar-refractivity contribution in [3.63, 3.8) is 0 Å². The van der Waals surface area contributed by atoms with E-state index in [1.54, 1.807) is 4.90 Å². The van der Waals surface area contributed by atoms with Crippen LogP contribution in [-0.2, 0) is 6.18 Å². The lowest BCUT2D eigenvalue weighted by atomic mass is 9.97. The summed E-state index contributed by atoms with van der Waals surface area (Å²) in [5.41, 5.74) is 5.37. The predicted molar refractivity (Wildman–Crippen MR) is 89.9 cm³/mol. The van der Waals surface area contributed by atoms with Gasteiger partial charge in [0.2, 0.25) is 0 Å².